The van der Waals surface area contributed by atoms with Crippen molar-refractivity contribution in [3.8, 4) is 0 Å². The fourth-order valence-electron chi connectivity index (χ4n) is 1.45. The molecule has 0 aliphatic heterocycles. The highest BCUT2D eigenvalue weighted by Crippen LogP contribution is 2.27. The summed E-state index contributed by atoms with van der Waals surface area (Å²) in [4.78, 5) is 23.0. The first-order valence-corrected chi connectivity index (χ1v) is 7.18. The maximum absolute atomic E-state index is 11.7. The molecular formula is C14H18O4S. The molecule has 0 heterocycles. The zero-order valence-corrected chi connectivity index (χ0v) is 11.9. The van der Waals surface area contributed by atoms with E-state index in [0.29, 0.717) is 5.75 Å². The van der Waals surface area contributed by atoms with Gasteiger partial charge in [0.1, 0.15) is 0 Å². The van der Waals surface area contributed by atoms with Crippen molar-refractivity contribution in [3.05, 3.63) is 35.9 Å². The summed E-state index contributed by atoms with van der Waals surface area (Å²) < 4.78 is 4.84. The van der Waals surface area contributed by atoms with Crippen molar-refractivity contribution in [2.45, 2.75) is 19.6 Å². The summed E-state index contributed by atoms with van der Waals surface area (Å²) >= 11 is 1.41. The average molecular weight is 282 g/mol. The number of carbonyl (C=O) groups excluding carboxylic acids is 1. The van der Waals surface area contributed by atoms with Gasteiger partial charge in [0.15, 0.2) is 5.41 Å². The number of ether oxygens (including phenoxy) is 1. The van der Waals surface area contributed by atoms with Crippen molar-refractivity contribution in [1.29, 1.82) is 0 Å². The van der Waals surface area contributed by atoms with Crippen molar-refractivity contribution in [2.24, 2.45) is 5.41 Å². The fourth-order valence-corrected chi connectivity index (χ4v) is 2.63. The molecular weight excluding hydrogens is 264 g/mol. The van der Waals surface area contributed by atoms with Gasteiger partial charge in [-0.15, -0.1) is 0 Å². The summed E-state index contributed by atoms with van der Waals surface area (Å²) in [5.74, 6) is -0.964. The van der Waals surface area contributed by atoms with Crippen LogP contribution in [0.2, 0.25) is 0 Å². The predicted molar refractivity (Wildman–Crippen MR) is 75.0 cm³/mol. The van der Waals surface area contributed by atoms with Crippen LogP contribution in [0.5, 0.6) is 0 Å². The summed E-state index contributed by atoms with van der Waals surface area (Å²) in [5, 5.41) is 9.21. The second-order valence-corrected chi connectivity index (χ2v) is 5.32. The van der Waals surface area contributed by atoms with E-state index in [-0.39, 0.29) is 12.4 Å². The van der Waals surface area contributed by atoms with E-state index >= 15 is 0 Å². The predicted octanol–water partition coefficient (Wildman–Crippen LogP) is 2.57. The van der Waals surface area contributed by atoms with Gasteiger partial charge in [0.05, 0.1) is 6.61 Å². The highest BCUT2D eigenvalue weighted by Gasteiger charge is 2.42. The van der Waals surface area contributed by atoms with Crippen molar-refractivity contribution >= 4 is 23.7 Å². The van der Waals surface area contributed by atoms with Crippen LogP contribution in [0.4, 0.5) is 0 Å². The summed E-state index contributed by atoms with van der Waals surface area (Å²) in [6, 6.07) is 9.72. The Labute approximate surface area is 117 Å². The molecule has 1 rings (SSSR count). The second-order valence-electron chi connectivity index (χ2n) is 4.34. The van der Waals surface area contributed by atoms with E-state index in [4.69, 9.17) is 4.74 Å². The molecule has 0 aromatic heterocycles. The number of rotatable bonds is 7. The maximum atomic E-state index is 11.7. The largest absolute Gasteiger partial charge is 0.480 e. The van der Waals surface area contributed by atoms with Crippen molar-refractivity contribution < 1.29 is 19.4 Å². The first kappa shape index (κ1) is 15.6. The van der Waals surface area contributed by atoms with Crippen LogP contribution in [0.3, 0.4) is 0 Å². The van der Waals surface area contributed by atoms with Crippen molar-refractivity contribution in [2.75, 3.05) is 12.4 Å². The number of hydrogen-bond donors (Lipinski definition) is 1. The van der Waals surface area contributed by atoms with Gasteiger partial charge < -0.3 is 9.84 Å². The molecule has 0 aliphatic rings. The lowest BCUT2D eigenvalue weighted by Gasteiger charge is -2.21. The first-order valence-electron chi connectivity index (χ1n) is 6.03. The number of hydrogen-bond acceptors (Lipinski definition) is 4. The molecule has 0 saturated heterocycles. The van der Waals surface area contributed by atoms with E-state index in [2.05, 4.69) is 0 Å². The standard InChI is InChI=1S/C14H18O4S/c1-3-18-13(17)14(2,12(15)16)10-19-9-11-7-5-4-6-8-11/h4-8H,3,9-10H2,1-2H3,(H,15,16)/t14-/m0/s1. The second kappa shape index (κ2) is 7.19. The molecule has 1 aromatic carbocycles. The third kappa shape index (κ3) is 4.28. The summed E-state index contributed by atoms with van der Waals surface area (Å²) in [6.07, 6.45) is 0. The van der Waals surface area contributed by atoms with Gasteiger partial charge in [0.25, 0.3) is 0 Å². The van der Waals surface area contributed by atoms with E-state index in [1.54, 1.807) is 6.92 Å². The molecule has 5 heteroatoms. The van der Waals surface area contributed by atoms with E-state index in [0.717, 1.165) is 5.56 Å². The first-order chi connectivity index (χ1) is 9.00. The van der Waals surface area contributed by atoms with Crippen LogP contribution in [-0.4, -0.2) is 29.4 Å². The molecule has 0 spiro atoms. The van der Waals surface area contributed by atoms with Crippen LogP contribution in [0.15, 0.2) is 30.3 Å². The van der Waals surface area contributed by atoms with Gasteiger partial charge in [0, 0.05) is 11.5 Å². The van der Waals surface area contributed by atoms with Gasteiger partial charge >= 0.3 is 11.9 Å². The van der Waals surface area contributed by atoms with Crippen LogP contribution < -0.4 is 0 Å². The zero-order chi connectivity index (χ0) is 14.3. The molecule has 0 radical (unpaired) electrons. The van der Waals surface area contributed by atoms with Crippen LogP contribution >= 0.6 is 11.8 Å². The lowest BCUT2D eigenvalue weighted by molar-refractivity contribution is -0.165. The molecule has 0 unspecified atom stereocenters. The highest BCUT2D eigenvalue weighted by molar-refractivity contribution is 7.98. The smallest absolute Gasteiger partial charge is 0.324 e. The summed E-state index contributed by atoms with van der Waals surface area (Å²) in [7, 11) is 0. The number of esters is 1. The quantitative estimate of drug-likeness (QED) is 0.615. The van der Waals surface area contributed by atoms with Crippen LogP contribution in [0.1, 0.15) is 19.4 Å². The van der Waals surface area contributed by atoms with Crippen LogP contribution in [0.25, 0.3) is 0 Å². The lowest BCUT2D eigenvalue weighted by Crippen LogP contribution is -2.40. The minimum Gasteiger partial charge on any atom is -0.480 e. The number of carboxylic acid groups (broad SMARTS) is 1. The Morgan fingerprint density at radius 1 is 1.32 bits per heavy atom. The van der Waals surface area contributed by atoms with E-state index < -0.39 is 17.4 Å². The van der Waals surface area contributed by atoms with Gasteiger partial charge in [-0.2, -0.15) is 11.8 Å². The molecule has 104 valence electrons. The van der Waals surface area contributed by atoms with E-state index in [1.165, 1.54) is 18.7 Å². The Morgan fingerprint density at radius 2 is 1.95 bits per heavy atom. The van der Waals surface area contributed by atoms with Gasteiger partial charge in [-0.25, -0.2) is 0 Å². The van der Waals surface area contributed by atoms with E-state index in [9.17, 15) is 14.7 Å². The van der Waals surface area contributed by atoms with Gasteiger partial charge in [-0.05, 0) is 19.4 Å². The zero-order valence-electron chi connectivity index (χ0n) is 11.1. The van der Waals surface area contributed by atoms with Crippen LogP contribution in [-0.2, 0) is 20.1 Å². The molecule has 4 nitrogen and oxygen atoms in total. The third-order valence-corrected chi connectivity index (χ3v) is 4.02. The number of carbonyl (C=O) groups is 2. The molecule has 19 heavy (non-hydrogen) atoms. The summed E-state index contributed by atoms with van der Waals surface area (Å²) in [6.45, 7) is 3.26. The molecule has 1 aromatic rings. The average Bonchev–Trinajstić information content (AvgIpc) is 2.39. The van der Waals surface area contributed by atoms with Crippen LogP contribution in [0, 0.1) is 5.41 Å². The molecule has 1 atom stereocenters. The third-order valence-electron chi connectivity index (χ3n) is 2.70. The molecule has 0 fully saturated rings. The Balaban J connectivity index is 2.60. The Hall–Kier alpha value is -1.49. The SMILES string of the molecule is CCOC(=O)[C@@](C)(CSCc1ccccc1)C(=O)O. The Kier molecular flexibility index (Phi) is 5.89. The maximum Gasteiger partial charge on any atom is 0.324 e. The minimum atomic E-state index is -1.49. The van der Waals surface area contributed by atoms with Crippen molar-refractivity contribution in [3.63, 3.8) is 0 Å². The van der Waals surface area contributed by atoms with E-state index in [1.807, 2.05) is 30.3 Å². The fraction of sp³-hybridized carbons (Fsp3) is 0.429. The molecule has 0 amide bonds. The normalized spacial score (nSPS) is 13.6. The highest BCUT2D eigenvalue weighted by atomic mass is 32.2. The minimum absolute atomic E-state index is 0.186. The lowest BCUT2D eigenvalue weighted by atomic mass is 9.94. The van der Waals surface area contributed by atoms with Gasteiger partial charge in [-0.3, -0.25) is 9.59 Å². The topological polar surface area (TPSA) is 63.6 Å². The molecule has 1 N–H and O–H groups in total. The molecule has 0 aliphatic carbocycles. The number of thioether (sulfide) groups is 1. The molecule has 0 saturated carbocycles. The number of benzene rings is 1. The number of aliphatic carboxylic acids is 1. The monoisotopic (exact) mass is 282 g/mol. The van der Waals surface area contributed by atoms with Gasteiger partial charge in [0.2, 0.25) is 0 Å². The number of carboxylic acids is 1. The summed E-state index contributed by atoms with van der Waals surface area (Å²) in [5.41, 5.74) is -0.390. The molecule has 0 bridgehead atoms. The van der Waals surface area contributed by atoms with Gasteiger partial charge in [-0.1, -0.05) is 30.3 Å². The van der Waals surface area contributed by atoms with Crippen molar-refractivity contribution in [1.82, 2.24) is 0 Å². The Morgan fingerprint density at radius 3 is 2.47 bits per heavy atom. The Bertz CT molecular complexity index is 432.